The Morgan fingerprint density at radius 1 is 1.50 bits per heavy atom. The smallest absolute Gasteiger partial charge is 0.218 e. The van der Waals surface area contributed by atoms with Crippen LogP contribution in [0, 0.1) is 0 Å². The van der Waals surface area contributed by atoms with E-state index in [4.69, 9.17) is 9.47 Å². The topological polar surface area (TPSA) is 31.4 Å². The number of ether oxygens (including phenoxy) is 2. The lowest BCUT2D eigenvalue weighted by molar-refractivity contribution is -0.201. The number of hydrogen-bond acceptors (Lipinski definition) is 4. The Balaban J connectivity index is 2.94. The summed E-state index contributed by atoms with van der Waals surface area (Å²) >= 11 is 1.54. The third kappa shape index (κ3) is 1.68. The van der Waals surface area contributed by atoms with Crippen molar-refractivity contribution in [1.82, 2.24) is 4.98 Å². The maximum Gasteiger partial charge on any atom is 0.218 e. The number of methoxy groups -OCH3 is 2. The molecule has 1 aromatic heterocycles. The number of nitrogens with zero attached hydrogens (tertiary/aromatic N) is 1. The molecule has 0 radical (unpaired) electrons. The quantitative estimate of drug-likeness (QED) is 0.485. The van der Waals surface area contributed by atoms with Crippen LogP contribution in [0.5, 0.6) is 0 Å². The van der Waals surface area contributed by atoms with Crippen LogP contribution in [0.3, 0.4) is 0 Å². The second-order valence-electron chi connectivity index (χ2n) is 2.65. The zero-order chi connectivity index (χ0) is 9.19. The lowest BCUT2D eigenvalue weighted by Gasteiger charge is -2.23. The first-order valence-electron chi connectivity index (χ1n) is 3.65. The molecule has 0 bridgehead atoms. The summed E-state index contributed by atoms with van der Waals surface area (Å²) in [6.45, 7) is 1.85. The maximum atomic E-state index is 5.21. The molecule has 0 saturated heterocycles. The molecule has 1 heterocycles. The van der Waals surface area contributed by atoms with Gasteiger partial charge in [-0.05, 0) is 6.92 Å². The first kappa shape index (κ1) is 9.70. The van der Waals surface area contributed by atoms with Gasteiger partial charge in [0.25, 0.3) is 0 Å². The van der Waals surface area contributed by atoms with E-state index in [1.165, 1.54) is 0 Å². The van der Waals surface area contributed by atoms with Gasteiger partial charge in [0.2, 0.25) is 5.79 Å². The Bertz CT molecular complexity index is 260. The Hall–Kier alpha value is -0.385. The van der Waals surface area contributed by atoms with Crippen LogP contribution < -0.4 is 5.59 Å². The van der Waals surface area contributed by atoms with Crippen molar-refractivity contribution in [2.75, 3.05) is 14.2 Å². The zero-order valence-corrected chi connectivity index (χ0v) is 8.57. The maximum absolute atomic E-state index is 5.21. The Morgan fingerprint density at radius 2 is 2.08 bits per heavy atom. The summed E-state index contributed by atoms with van der Waals surface area (Å²) in [7, 11) is 5.17. The second kappa shape index (κ2) is 3.55. The Labute approximate surface area is 77.1 Å². The molecule has 0 spiro atoms. The van der Waals surface area contributed by atoms with Gasteiger partial charge < -0.3 is 9.47 Å². The van der Waals surface area contributed by atoms with E-state index in [1.54, 1.807) is 25.6 Å². The van der Waals surface area contributed by atoms with E-state index in [1.807, 2.05) is 20.2 Å². The van der Waals surface area contributed by atoms with E-state index >= 15 is 0 Å². The molecule has 0 fully saturated rings. The van der Waals surface area contributed by atoms with Crippen molar-refractivity contribution >= 4 is 24.8 Å². The van der Waals surface area contributed by atoms with E-state index in [0.29, 0.717) is 0 Å². The highest BCUT2D eigenvalue weighted by atomic mass is 32.1. The fraction of sp³-hybridized carbons (Fsp3) is 0.571. The van der Waals surface area contributed by atoms with Crippen molar-refractivity contribution in [1.29, 1.82) is 0 Å². The van der Waals surface area contributed by atoms with Crippen LogP contribution in [-0.2, 0) is 15.3 Å². The summed E-state index contributed by atoms with van der Waals surface area (Å²) in [5.41, 5.74) is 0.996. The van der Waals surface area contributed by atoms with Crippen LogP contribution in [0.1, 0.15) is 11.9 Å². The third-order valence-corrected chi connectivity index (χ3v) is 2.93. The van der Waals surface area contributed by atoms with Crippen LogP contribution in [0.15, 0.2) is 5.38 Å². The molecule has 0 saturated carbocycles. The Kier molecular flexibility index (Phi) is 2.87. The predicted molar refractivity (Wildman–Crippen MR) is 51.7 cm³/mol. The van der Waals surface area contributed by atoms with Gasteiger partial charge in [0.1, 0.15) is 0 Å². The normalized spacial score (nSPS) is 11.9. The summed E-state index contributed by atoms with van der Waals surface area (Å²) < 4.78 is 10.4. The van der Waals surface area contributed by atoms with Crippen molar-refractivity contribution in [2.45, 2.75) is 12.7 Å². The molecular weight excluding hydrogens is 173 g/mol. The van der Waals surface area contributed by atoms with E-state index < -0.39 is 5.79 Å². The van der Waals surface area contributed by atoms with Gasteiger partial charge in [-0.1, -0.05) is 0 Å². The van der Waals surface area contributed by atoms with E-state index in [9.17, 15) is 0 Å². The van der Waals surface area contributed by atoms with E-state index in [-0.39, 0.29) is 0 Å². The minimum atomic E-state index is -0.696. The van der Waals surface area contributed by atoms with Gasteiger partial charge in [0, 0.05) is 25.2 Å². The summed E-state index contributed by atoms with van der Waals surface area (Å²) in [6, 6.07) is 0. The summed E-state index contributed by atoms with van der Waals surface area (Å²) in [5.74, 6) is -0.696. The number of aromatic nitrogens is 1. The Morgan fingerprint density at radius 3 is 2.42 bits per heavy atom. The molecule has 0 unspecified atom stereocenters. The van der Waals surface area contributed by atoms with Gasteiger partial charge in [-0.2, -0.15) is 0 Å². The molecule has 0 aliphatic heterocycles. The molecule has 5 heteroatoms. The van der Waals surface area contributed by atoms with E-state index in [0.717, 1.165) is 10.6 Å². The molecule has 0 aliphatic carbocycles. The molecule has 0 atom stereocenters. The summed E-state index contributed by atoms with van der Waals surface area (Å²) in [5, 5.41) is 2.83. The van der Waals surface area contributed by atoms with Gasteiger partial charge in [0.05, 0.1) is 0 Å². The van der Waals surface area contributed by atoms with Crippen molar-refractivity contribution in [2.24, 2.45) is 0 Å². The van der Waals surface area contributed by atoms with Crippen molar-refractivity contribution in [3.05, 3.63) is 10.4 Å². The van der Waals surface area contributed by atoms with Crippen molar-refractivity contribution < 1.29 is 9.47 Å². The summed E-state index contributed by atoms with van der Waals surface area (Å²) in [4.78, 5) is 4.29. The van der Waals surface area contributed by atoms with Gasteiger partial charge >= 0.3 is 0 Å². The highest BCUT2D eigenvalue weighted by Gasteiger charge is 2.28. The van der Waals surface area contributed by atoms with Crippen LogP contribution >= 0.6 is 11.3 Å². The largest absolute Gasteiger partial charge is 0.348 e. The highest BCUT2D eigenvalue weighted by Crippen LogP contribution is 2.25. The lowest BCUT2D eigenvalue weighted by atomic mass is 10.1. The monoisotopic (exact) mass is 185 g/mol. The molecule has 66 valence electrons. The fourth-order valence-corrected chi connectivity index (χ4v) is 1.73. The van der Waals surface area contributed by atoms with Gasteiger partial charge in [-0.3, -0.25) is 4.98 Å². The molecule has 1 aromatic rings. The first-order valence-corrected chi connectivity index (χ1v) is 4.53. The SMILES string of the molecule is Bc1csc(C(C)(OC)OC)n1. The van der Waals surface area contributed by atoms with Gasteiger partial charge in [-0.25, -0.2) is 0 Å². The molecule has 0 amide bonds. The predicted octanol–water partition coefficient (Wildman–Crippen LogP) is -0.133. The van der Waals surface area contributed by atoms with Crippen LogP contribution in [0.4, 0.5) is 0 Å². The average Bonchev–Trinajstić information content (AvgIpc) is 2.51. The molecule has 0 N–H and O–H groups in total. The summed E-state index contributed by atoms with van der Waals surface area (Å²) in [6.07, 6.45) is 0. The van der Waals surface area contributed by atoms with Gasteiger partial charge in [0.15, 0.2) is 12.9 Å². The van der Waals surface area contributed by atoms with Crippen LogP contribution in [0.25, 0.3) is 0 Å². The van der Waals surface area contributed by atoms with E-state index in [2.05, 4.69) is 4.98 Å². The molecule has 12 heavy (non-hydrogen) atoms. The fourth-order valence-electron chi connectivity index (χ4n) is 0.821. The standard InChI is InChI=1S/C7H12BNO2S/c1-7(10-2,11-3)6-9-5(8)4-12-6/h4H,8H2,1-3H3. The molecule has 3 nitrogen and oxygen atoms in total. The van der Waals surface area contributed by atoms with Crippen molar-refractivity contribution in [3.8, 4) is 0 Å². The molecule has 1 rings (SSSR count). The zero-order valence-electron chi connectivity index (χ0n) is 7.75. The minimum absolute atomic E-state index is 0.696. The number of thiazole rings is 1. The third-order valence-electron chi connectivity index (χ3n) is 1.79. The molecule has 0 aromatic carbocycles. The minimum Gasteiger partial charge on any atom is -0.348 e. The average molecular weight is 185 g/mol. The van der Waals surface area contributed by atoms with Crippen molar-refractivity contribution in [3.63, 3.8) is 0 Å². The lowest BCUT2D eigenvalue weighted by Crippen LogP contribution is -2.27. The van der Waals surface area contributed by atoms with Crippen LogP contribution in [0.2, 0.25) is 0 Å². The highest BCUT2D eigenvalue weighted by molar-refractivity contribution is 7.10. The van der Waals surface area contributed by atoms with Crippen LogP contribution in [-0.4, -0.2) is 27.0 Å². The second-order valence-corrected chi connectivity index (χ2v) is 3.51. The molecular formula is C7H12BNO2S. The first-order chi connectivity index (χ1) is 5.62. The van der Waals surface area contributed by atoms with Gasteiger partial charge in [-0.15, -0.1) is 11.3 Å². The number of rotatable bonds is 3. The number of hydrogen-bond donors (Lipinski definition) is 0. The molecule has 0 aliphatic rings.